The standard InChI is InChI=1S/C20H24FN3/c1-16(15-24(2)3)20(23-22-19-7-5-4-6-8-19)14-11-17-9-12-18(21)13-10-17/h4-14,16,22H,15H2,1-3H3. The minimum Gasteiger partial charge on any atom is -0.309 e. The summed E-state index contributed by atoms with van der Waals surface area (Å²) in [6, 6.07) is 16.3. The molecule has 1 unspecified atom stereocenters. The number of halogens is 1. The van der Waals surface area contributed by atoms with Crippen molar-refractivity contribution in [1.82, 2.24) is 4.90 Å². The van der Waals surface area contributed by atoms with E-state index in [-0.39, 0.29) is 11.7 Å². The van der Waals surface area contributed by atoms with Crippen LogP contribution >= 0.6 is 0 Å². The van der Waals surface area contributed by atoms with Gasteiger partial charge < -0.3 is 4.90 Å². The molecule has 1 N–H and O–H groups in total. The second-order valence-corrected chi connectivity index (χ2v) is 6.06. The van der Waals surface area contributed by atoms with Gasteiger partial charge in [0.15, 0.2) is 0 Å². The summed E-state index contributed by atoms with van der Waals surface area (Å²) in [4.78, 5) is 2.13. The summed E-state index contributed by atoms with van der Waals surface area (Å²) in [7, 11) is 4.09. The Morgan fingerprint density at radius 2 is 1.79 bits per heavy atom. The van der Waals surface area contributed by atoms with Gasteiger partial charge in [0.05, 0.1) is 11.4 Å². The highest BCUT2D eigenvalue weighted by Crippen LogP contribution is 2.10. The van der Waals surface area contributed by atoms with Crippen LogP contribution in [0.15, 0.2) is 65.8 Å². The van der Waals surface area contributed by atoms with Gasteiger partial charge in [0, 0.05) is 12.5 Å². The molecule has 0 saturated carbocycles. The zero-order chi connectivity index (χ0) is 17.4. The maximum Gasteiger partial charge on any atom is 0.123 e. The van der Waals surface area contributed by atoms with Crippen molar-refractivity contribution in [2.24, 2.45) is 11.0 Å². The summed E-state index contributed by atoms with van der Waals surface area (Å²) in [5.41, 5.74) is 5.94. The number of nitrogens with zero attached hydrogens (tertiary/aromatic N) is 2. The van der Waals surface area contributed by atoms with Crippen LogP contribution in [0, 0.1) is 11.7 Å². The molecule has 0 aliphatic carbocycles. The zero-order valence-electron chi connectivity index (χ0n) is 14.4. The zero-order valence-corrected chi connectivity index (χ0v) is 14.4. The monoisotopic (exact) mass is 325 g/mol. The lowest BCUT2D eigenvalue weighted by Gasteiger charge is -2.17. The Hall–Kier alpha value is -2.46. The Labute approximate surface area is 143 Å². The Bertz CT molecular complexity index is 676. The highest BCUT2D eigenvalue weighted by atomic mass is 19.1. The molecular formula is C20H24FN3. The van der Waals surface area contributed by atoms with Gasteiger partial charge in [-0.05, 0) is 50.0 Å². The van der Waals surface area contributed by atoms with E-state index < -0.39 is 0 Å². The molecule has 0 amide bonds. The number of hydrogen-bond donors (Lipinski definition) is 1. The number of allylic oxidation sites excluding steroid dienone is 1. The molecule has 0 aliphatic heterocycles. The van der Waals surface area contributed by atoms with Gasteiger partial charge in [0.1, 0.15) is 5.82 Å². The Balaban J connectivity index is 2.16. The number of hydrazone groups is 1. The van der Waals surface area contributed by atoms with Gasteiger partial charge in [0.2, 0.25) is 0 Å². The first-order valence-corrected chi connectivity index (χ1v) is 8.01. The van der Waals surface area contributed by atoms with Gasteiger partial charge in [0.25, 0.3) is 0 Å². The molecule has 0 fully saturated rings. The first-order valence-electron chi connectivity index (χ1n) is 8.01. The Morgan fingerprint density at radius 3 is 2.42 bits per heavy atom. The fourth-order valence-corrected chi connectivity index (χ4v) is 2.35. The fourth-order valence-electron chi connectivity index (χ4n) is 2.35. The quantitative estimate of drug-likeness (QED) is 0.599. The Morgan fingerprint density at radius 1 is 1.12 bits per heavy atom. The lowest BCUT2D eigenvalue weighted by atomic mass is 10.0. The minimum absolute atomic E-state index is 0.229. The van der Waals surface area contributed by atoms with Crippen molar-refractivity contribution in [2.45, 2.75) is 6.92 Å². The van der Waals surface area contributed by atoms with Crippen LogP contribution < -0.4 is 5.43 Å². The van der Waals surface area contributed by atoms with Crippen LogP contribution in [0.4, 0.5) is 10.1 Å². The van der Waals surface area contributed by atoms with E-state index in [4.69, 9.17) is 0 Å². The molecule has 126 valence electrons. The molecule has 2 aromatic carbocycles. The largest absolute Gasteiger partial charge is 0.309 e. The minimum atomic E-state index is -0.229. The molecule has 0 saturated heterocycles. The van der Waals surface area contributed by atoms with Crippen molar-refractivity contribution in [3.63, 3.8) is 0 Å². The highest BCUT2D eigenvalue weighted by molar-refractivity contribution is 6.00. The van der Waals surface area contributed by atoms with E-state index in [1.54, 1.807) is 12.1 Å². The van der Waals surface area contributed by atoms with E-state index in [2.05, 4.69) is 22.4 Å². The lowest BCUT2D eigenvalue weighted by Crippen LogP contribution is -2.25. The van der Waals surface area contributed by atoms with Crippen LogP contribution in [0.25, 0.3) is 6.08 Å². The molecule has 0 radical (unpaired) electrons. The number of benzene rings is 2. The van der Waals surface area contributed by atoms with E-state index in [1.165, 1.54) is 12.1 Å². The summed E-state index contributed by atoms with van der Waals surface area (Å²) in [6.07, 6.45) is 3.94. The molecule has 0 aromatic heterocycles. The van der Waals surface area contributed by atoms with Crippen molar-refractivity contribution in [3.8, 4) is 0 Å². The number of hydrogen-bond acceptors (Lipinski definition) is 3. The molecule has 2 rings (SSSR count). The first-order chi connectivity index (χ1) is 11.5. The first kappa shape index (κ1) is 17.9. The highest BCUT2D eigenvalue weighted by Gasteiger charge is 2.09. The average Bonchev–Trinajstić information content (AvgIpc) is 2.56. The average molecular weight is 325 g/mol. The molecule has 0 heterocycles. The van der Waals surface area contributed by atoms with E-state index in [9.17, 15) is 4.39 Å². The van der Waals surface area contributed by atoms with Gasteiger partial charge in [-0.2, -0.15) is 5.10 Å². The third-order valence-electron chi connectivity index (χ3n) is 3.55. The van der Waals surface area contributed by atoms with Crippen LogP contribution in [0.2, 0.25) is 0 Å². The van der Waals surface area contributed by atoms with Gasteiger partial charge in [-0.1, -0.05) is 43.3 Å². The summed E-state index contributed by atoms with van der Waals surface area (Å²) in [6.45, 7) is 3.03. The number of anilines is 1. The van der Waals surface area contributed by atoms with Crippen molar-refractivity contribution in [3.05, 3.63) is 72.1 Å². The second-order valence-electron chi connectivity index (χ2n) is 6.06. The fraction of sp³-hybridized carbons (Fsp3) is 0.250. The van der Waals surface area contributed by atoms with Gasteiger partial charge in [-0.3, -0.25) is 5.43 Å². The molecule has 2 aromatic rings. The van der Waals surface area contributed by atoms with Crippen molar-refractivity contribution >= 4 is 17.5 Å². The van der Waals surface area contributed by atoms with Gasteiger partial charge >= 0.3 is 0 Å². The SMILES string of the molecule is CC(CN(C)C)C(C=Cc1ccc(F)cc1)=NNc1ccccc1. The molecule has 1 atom stereocenters. The third kappa shape index (κ3) is 5.97. The second kappa shape index (κ2) is 8.99. The Kier molecular flexibility index (Phi) is 6.70. The van der Waals surface area contributed by atoms with E-state index in [0.717, 1.165) is 23.5 Å². The van der Waals surface area contributed by atoms with Gasteiger partial charge in [-0.15, -0.1) is 0 Å². The van der Waals surface area contributed by atoms with Crippen LogP contribution in [0.5, 0.6) is 0 Å². The molecular weight excluding hydrogens is 301 g/mol. The van der Waals surface area contributed by atoms with Crippen LogP contribution in [0.3, 0.4) is 0 Å². The number of rotatable bonds is 7. The summed E-state index contributed by atoms with van der Waals surface area (Å²) < 4.78 is 13.0. The maximum absolute atomic E-state index is 13.0. The number of nitrogens with one attached hydrogen (secondary N) is 1. The molecule has 0 bridgehead atoms. The van der Waals surface area contributed by atoms with Crippen molar-refractivity contribution < 1.29 is 4.39 Å². The predicted octanol–water partition coefficient (Wildman–Crippen LogP) is 4.50. The van der Waals surface area contributed by atoms with Crippen molar-refractivity contribution in [2.75, 3.05) is 26.1 Å². The smallest absolute Gasteiger partial charge is 0.123 e. The van der Waals surface area contributed by atoms with Crippen LogP contribution in [0.1, 0.15) is 12.5 Å². The summed E-state index contributed by atoms with van der Waals surface area (Å²) >= 11 is 0. The van der Waals surface area contributed by atoms with E-state index in [1.807, 2.05) is 56.6 Å². The summed E-state index contributed by atoms with van der Waals surface area (Å²) in [5, 5.41) is 4.56. The van der Waals surface area contributed by atoms with E-state index >= 15 is 0 Å². The molecule has 3 nitrogen and oxygen atoms in total. The van der Waals surface area contributed by atoms with Crippen LogP contribution in [-0.2, 0) is 0 Å². The normalized spacial score (nSPS) is 13.5. The molecule has 4 heteroatoms. The topological polar surface area (TPSA) is 27.6 Å². The molecule has 0 aliphatic rings. The predicted molar refractivity (Wildman–Crippen MR) is 101 cm³/mol. The third-order valence-corrected chi connectivity index (χ3v) is 3.55. The summed E-state index contributed by atoms with van der Waals surface area (Å²) in [5.74, 6) is 0.0284. The number of para-hydroxylation sites is 1. The lowest BCUT2D eigenvalue weighted by molar-refractivity contribution is 0.381. The van der Waals surface area contributed by atoms with Crippen molar-refractivity contribution in [1.29, 1.82) is 0 Å². The van der Waals surface area contributed by atoms with E-state index in [0.29, 0.717) is 0 Å². The molecule has 0 spiro atoms. The molecule has 24 heavy (non-hydrogen) atoms. The van der Waals surface area contributed by atoms with Crippen LogP contribution in [-0.4, -0.2) is 31.3 Å². The van der Waals surface area contributed by atoms with Gasteiger partial charge in [-0.25, -0.2) is 4.39 Å². The maximum atomic E-state index is 13.0.